The van der Waals surface area contributed by atoms with E-state index in [1.54, 1.807) is 42.7 Å². The van der Waals surface area contributed by atoms with Crippen molar-refractivity contribution in [1.29, 1.82) is 0 Å². The number of nitrogens with one attached hydrogen (secondary N) is 1. The summed E-state index contributed by atoms with van der Waals surface area (Å²) in [6, 6.07) is 8.62. The van der Waals surface area contributed by atoms with Crippen molar-refractivity contribution >= 4 is 17.5 Å². The van der Waals surface area contributed by atoms with Gasteiger partial charge < -0.3 is 15.2 Å². The van der Waals surface area contributed by atoms with E-state index in [0.29, 0.717) is 21.9 Å². The maximum absolute atomic E-state index is 12.0. The summed E-state index contributed by atoms with van der Waals surface area (Å²) in [7, 11) is 1.53. The lowest BCUT2D eigenvalue weighted by atomic mass is 10.1. The Kier molecular flexibility index (Phi) is 5.75. The molecule has 2 aromatic rings. The topological polar surface area (TPSA) is 71.5 Å². The average molecular weight is 321 g/mol. The number of benzene rings is 1. The van der Waals surface area contributed by atoms with E-state index in [0.717, 1.165) is 0 Å². The molecule has 0 saturated carbocycles. The summed E-state index contributed by atoms with van der Waals surface area (Å²) < 4.78 is 5.20. The molecule has 1 aromatic heterocycles. The van der Waals surface area contributed by atoms with Gasteiger partial charge in [-0.1, -0.05) is 17.7 Å². The van der Waals surface area contributed by atoms with Crippen LogP contribution in [-0.4, -0.2) is 29.7 Å². The number of methoxy groups -OCH3 is 1. The quantitative estimate of drug-likeness (QED) is 0.855. The normalized spacial score (nSPS) is 11.8. The highest BCUT2D eigenvalue weighted by Gasteiger charge is 2.14. The first-order valence-corrected chi connectivity index (χ1v) is 7.15. The summed E-state index contributed by atoms with van der Waals surface area (Å²) in [5.41, 5.74) is 1.33. The van der Waals surface area contributed by atoms with Gasteiger partial charge in [0.05, 0.1) is 19.6 Å². The second-order valence-corrected chi connectivity index (χ2v) is 5.11. The van der Waals surface area contributed by atoms with Crippen molar-refractivity contribution in [2.45, 2.75) is 12.5 Å². The molecule has 0 saturated heterocycles. The number of amides is 1. The van der Waals surface area contributed by atoms with Crippen LogP contribution >= 0.6 is 11.6 Å². The number of carbonyl (C=O) groups is 1. The third kappa shape index (κ3) is 4.19. The minimum atomic E-state index is -0.778. The number of ether oxygens (including phenoxy) is 1. The van der Waals surface area contributed by atoms with Crippen molar-refractivity contribution in [3.05, 3.63) is 58.9 Å². The predicted octanol–water partition coefficient (Wildman–Crippen LogP) is 2.14. The van der Waals surface area contributed by atoms with Crippen LogP contribution < -0.4 is 10.1 Å². The fourth-order valence-corrected chi connectivity index (χ4v) is 2.27. The Morgan fingerprint density at radius 3 is 2.77 bits per heavy atom. The molecule has 2 N–H and O–H groups in total. The molecule has 22 heavy (non-hydrogen) atoms. The summed E-state index contributed by atoms with van der Waals surface area (Å²) in [6.45, 7) is 0.121. The zero-order valence-electron chi connectivity index (χ0n) is 12.1. The van der Waals surface area contributed by atoms with Crippen molar-refractivity contribution in [3.8, 4) is 5.75 Å². The number of halogens is 1. The Morgan fingerprint density at radius 2 is 2.09 bits per heavy atom. The first kappa shape index (κ1) is 16.3. The summed E-state index contributed by atoms with van der Waals surface area (Å²) >= 11 is 6.09. The Labute approximate surface area is 133 Å². The van der Waals surface area contributed by atoms with Gasteiger partial charge >= 0.3 is 0 Å². The van der Waals surface area contributed by atoms with Crippen LogP contribution in [0, 0.1) is 0 Å². The van der Waals surface area contributed by atoms with Gasteiger partial charge in [0.1, 0.15) is 5.75 Å². The van der Waals surface area contributed by atoms with Crippen molar-refractivity contribution in [1.82, 2.24) is 10.3 Å². The average Bonchev–Trinajstić information content (AvgIpc) is 2.55. The Balaban J connectivity index is 1.94. The minimum absolute atomic E-state index is 0.0892. The molecule has 0 aliphatic rings. The standard InChI is InChI=1S/C16H17ClN2O3/c1-22-15-4-2-3-13(17)12(15)9-16(21)19-10-14(20)11-5-7-18-8-6-11/h2-8,14,20H,9-10H2,1H3,(H,19,21). The molecular formula is C16H17ClN2O3. The van der Waals surface area contributed by atoms with Crippen LogP contribution in [0.2, 0.25) is 5.02 Å². The number of rotatable bonds is 6. The highest BCUT2D eigenvalue weighted by Crippen LogP contribution is 2.26. The van der Waals surface area contributed by atoms with E-state index in [1.165, 1.54) is 7.11 Å². The van der Waals surface area contributed by atoms with E-state index in [1.807, 2.05) is 0 Å². The highest BCUT2D eigenvalue weighted by molar-refractivity contribution is 6.31. The molecule has 116 valence electrons. The van der Waals surface area contributed by atoms with E-state index < -0.39 is 6.10 Å². The van der Waals surface area contributed by atoms with E-state index in [9.17, 15) is 9.90 Å². The molecule has 0 radical (unpaired) electrons. The molecule has 1 unspecified atom stereocenters. The maximum atomic E-state index is 12.0. The molecular weight excluding hydrogens is 304 g/mol. The summed E-state index contributed by atoms with van der Waals surface area (Å²) in [5.74, 6) is 0.330. The van der Waals surface area contributed by atoms with Crippen molar-refractivity contribution in [2.24, 2.45) is 0 Å². The Morgan fingerprint density at radius 1 is 1.36 bits per heavy atom. The number of hydrogen-bond donors (Lipinski definition) is 2. The van der Waals surface area contributed by atoms with Gasteiger partial charge in [-0.2, -0.15) is 0 Å². The van der Waals surface area contributed by atoms with Crippen LogP contribution in [0.1, 0.15) is 17.2 Å². The largest absolute Gasteiger partial charge is 0.496 e. The number of aliphatic hydroxyl groups excluding tert-OH is 1. The molecule has 0 spiro atoms. The third-order valence-corrected chi connectivity index (χ3v) is 3.57. The molecule has 1 heterocycles. The molecule has 1 atom stereocenters. The minimum Gasteiger partial charge on any atom is -0.496 e. The van der Waals surface area contributed by atoms with Crippen LogP contribution in [0.3, 0.4) is 0 Å². The van der Waals surface area contributed by atoms with E-state index in [-0.39, 0.29) is 18.9 Å². The van der Waals surface area contributed by atoms with Gasteiger partial charge in [0.15, 0.2) is 0 Å². The molecule has 0 fully saturated rings. The molecule has 0 aliphatic heterocycles. The number of pyridine rings is 1. The van der Waals surface area contributed by atoms with Gasteiger partial charge in [0.2, 0.25) is 5.91 Å². The molecule has 5 nitrogen and oxygen atoms in total. The van der Waals surface area contributed by atoms with Crippen LogP contribution in [0.5, 0.6) is 5.75 Å². The van der Waals surface area contributed by atoms with E-state index in [2.05, 4.69) is 10.3 Å². The SMILES string of the molecule is COc1cccc(Cl)c1CC(=O)NCC(O)c1ccncc1. The number of aromatic nitrogens is 1. The first-order valence-electron chi connectivity index (χ1n) is 6.78. The second kappa shape index (κ2) is 7.77. The number of nitrogens with zero attached hydrogens (tertiary/aromatic N) is 1. The highest BCUT2D eigenvalue weighted by atomic mass is 35.5. The van der Waals surface area contributed by atoms with Gasteiger partial charge in [-0.25, -0.2) is 0 Å². The molecule has 0 aliphatic carbocycles. The lowest BCUT2D eigenvalue weighted by Crippen LogP contribution is -2.29. The maximum Gasteiger partial charge on any atom is 0.224 e. The monoisotopic (exact) mass is 320 g/mol. The van der Waals surface area contributed by atoms with Crippen molar-refractivity contribution in [2.75, 3.05) is 13.7 Å². The van der Waals surface area contributed by atoms with Crippen molar-refractivity contribution in [3.63, 3.8) is 0 Å². The smallest absolute Gasteiger partial charge is 0.224 e. The Hall–Kier alpha value is -2.11. The van der Waals surface area contributed by atoms with E-state index in [4.69, 9.17) is 16.3 Å². The van der Waals surface area contributed by atoms with Gasteiger partial charge in [0.25, 0.3) is 0 Å². The van der Waals surface area contributed by atoms with Crippen LogP contribution in [0.25, 0.3) is 0 Å². The zero-order chi connectivity index (χ0) is 15.9. The Bertz CT molecular complexity index is 635. The van der Waals surface area contributed by atoms with Crippen LogP contribution in [0.4, 0.5) is 0 Å². The lowest BCUT2D eigenvalue weighted by Gasteiger charge is -2.13. The van der Waals surface area contributed by atoms with Gasteiger partial charge in [-0.3, -0.25) is 9.78 Å². The second-order valence-electron chi connectivity index (χ2n) is 4.70. The van der Waals surface area contributed by atoms with Gasteiger partial charge in [0, 0.05) is 29.5 Å². The third-order valence-electron chi connectivity index (χ3n) is 3.22. The predicted molar refractivity (Wildman–Crippen MR) is 83.9 cm³/mol. The summed E-state index contributed by atoms with van der Waals surface area (Å²) in [5, 5.41) is 13.2. The molecule has 0 bridgehead atoms. The number of aliphatic hydroxyl groups is 1. The van der Waals surface area contributed by atoms with E-state index >= 15 is 0 Å². The van der Waals surface area contributed by atoms with Gasteiger partial charge in [-0.05, 0) is 29.8 Å². The summed E-state index contributed by atoms with van der Waals surface area (Å²) in [4.78, 5) is 15.9. The lowest BCUT2D eigenvalue weighted by molar-refractivity contribution is -0.120. The molecule has 2 rings (SSSR count). The fourth-order valence-electron chi connectivity index (χ4n) is 2.04. The first-order chi connectivity index (χ1) is 10.6. The molecule has 6 heteroatoms. The number of hydrogen-bond acceptors (Lipinski definition) is 4. The van der Waals surface area contributed by atoms with Gasteiger partial charge in [-0.15, -0.1) is 0 Å². The molecule has 1 aromatic carbocycles. The van der Waals surface area contributed by atoms with Crippen LogP contribution in [0.15, 0.2) is 42.7 Å². The fraction of sp³-hybridized carbons (Fsp3) is 0.250. The van der Waals surface area contributed by atoms with Crippen LogP contribution in [-0.2, 0) is 11.2 Å². The van der Waals surface area contributed by atoms with Crippen molar-refractivity contribution < 1.29 is 14.6 Å². The number of carbonyl (C=O) groups excluding carboxylic acids is 1. The summed E-state index contributed by atoms with van der Waals surface area (Å²) in [6.07, 6.45) is 2.50. The molecule has 1 amide bonds. The zero-order valence-corrected chi connectivity index (χ0v) is 12.9.